The number of nitro groups is 2. The maximum absolute atomic E-state index is 11.9. The van der Waals surface area contributed by atoms with Gasteiger partial charge in [0.1, 0.15) is 13.2 Å². The van der Waals surface area contributed by atoms with Crippen molar-refractivity contribution >= 4 is 40.5 Å². The van der Waals surface area contributed by atoms with Crippen molar-refractivity contribution in [2.45, 2.75) is 0 Å². The van der Waals surface area contributed by atoms with Crippen LogP contribution in [0.3, 0.4) is 0 Å². The average Bonchev–Trinajstić information content (AvgIpc) is 2.58. The number of nitro benzene ring substituents is 2. The molecule has 0 amide bonds. The molecule has 2 aromatic carbocycles. The van der Waals surface area contributed by atoms with E-state index in [4.69, 9.17) is 32.7 Å². The zero-order chi connectivity index (χ0) is 19.3. The second-order valence-corrected chi connectivity index (χ2v) is 5.62. The van der Waals surface area contributed by atoms with E-state index in [9.17, 15) is 25.0 Å². The van der Waals surface area contributed by atoms with Gasteiger partial charge in [0.2, 0.25) is 0 Å². The Hall–Kier alpha value is -2.91. The third-order valence-electron chi connectivity index (χ3n) is 3.08. The van der Waals surface area contributed by atoms with Gasteiger partial charge in [-0.15, -0.1) is 0 Å². The number of carbonyl (C=O) groups is 1. The first-order chi connectivity index (χ1) is 12.3. The molecule has 0 unspecified atom stereocenters. The molecular weight excluding hydrogens is 391 g/mol. The SMILES string of the molecule is O=C(OCCOc1ccc([N+](=O)[O-])cc1[N+](=O)[O-])c1ccc(Cl)cc1Cl. The molecule has 136 valence electrons. The molecule has 0 saturated carbocycles. The summed E-state index contributed by atoms with van der Waals surface area (Å²) in [5, 5.41) is 22.1. The first-order valence-electron chi connectivity index (χ1n) is 6.97. The Balaban J connectivity index is 1.96. The van der Waals surface area contributed by atoms with Gasteiger partial charge in [-0.1, -0.05) is 23.2 Å². The Labute approximate surface area is 156 Å². The van der Waals surface area contributed by atoms with E-state index in [1.807, 2.05) is 0 Å². The van der Waals surface area contributed by atoms with Crippen LogP contribution in [-0.4, -0.2) is 29.0 Å². The van der Waals surface area contributed by atoms with Gasteiger partial charge < -0.3 is 9.47 Å². The summed E-state index contributed by atoms with van der Waals surface area (Å²) in [7, 11) is 0. The van der Waals surface area contributed by atoms with E-state index in [-0.39, 0.29) is 29.5 Å². The van der Waals surface area contributed by atoms with E-state index in [1.54, 1.807) is 0 Å². The normalized spacial score (nSPS) is 10.2. The average molecular weight is 401 g/mol. The topological polar surface area (TPSA) is 122 Å². The molecule has 0 bridgehead atoms. The van der Waals surface area contributed by atoms with E-state index in [1.165, 1.54) is 18.2 Å². The molecule has 0 saturated heterocycles. The number of hydrogen-bond acceptors (Lipinski definition) is 7. The van der Waals surface area contributed by atoms with Gasteiger partial charge in [0.15, 0.2) is 5.75 Å². The number of carbonyl (C=O) groups excluding carboxylic acids is 1. The van der Waals surface area contributed by atoms with Gasteiger partial charge in [0.25, 0.3) is 5.69 Å². The summed E-state index contributed by atoms with van der Waals surface area (Å²) in [6, 6.07) is 7.22. The minimum absolute atomic E-state index is 0.109. The molecule has 9 nitrogen and oxygen atoms in total. The van der Waals surface area contributed by atoms with Crippen LogP contribution in [0, 0.1) is 20.2 Å². The van der Waals surface area contributed by atoms with Crippen molar-refractivity contribution in [2.75, 3.05) is 13.2 Å². The summed E-state index contributed by atoms with van der Waals surface area (Å²) in [6.07, 6.45) is 0. The molecule has 0 radical (unpaired) electrons. The van der Waals surface area contributed by atoms with Gasteiger partial charge in [-0.05, 0) is 24.3 Å². The minimum atomic E-state index is -0.804. The molecule has 0 N–H and O–H groups in total. The van der Waals surface area contributed by atoms with Crippen LogP contribution in [-0.2, 0) is 4.74 Å². The van der Waals surface area contributed by atoms with Crippen LogP contribution in [0.25, 0.3) is 0 Å². The van der Waals surface area contributed by atoms with Crippen molar-refractivity contribution in [1.82, 2.24) is 0 Å². The second-order valence-electron chi connectivity index (χ2n) is 4.77. The van der Waals surface area contributed by atoms with Crippen LogP contribution >= 0.6 is 23.2 Å². The van der Waals surface area contributed by atoms with Crippen molar-refractivity contribution in [2.24, 2.45) is 0 Å². The Morgan fingerprint density at radius 3 is 2.35 bits per heavy atom. The fourth-order valence-corrected chi connectivity index (χ4v) is 2.39. The number of nitrogens with zero attached hydrogens (tertiary/aromatic N) is 2. The largest absolute Gasteiger partial charge is 0.483 e. The third kappa shape index (κ3) is 4.80. The maximum atomic E-state index is 11.9. The summed E-state index contributed by atoms with van der Waals surface area (Å²) in [5.41, 5.74) is -0.892. The van der Waals surface area contributed by atoms with E-state index in [0.717, 1.165) is 18.2 Å². The van der Waals surface area contributed by atoms with Crippen LogP contribution in [0.5, 0.6) is 5.75 Å². The number of benzene rings is 2. The van der Waals surface area contributed by atoms with Gasteiger partial charge in [-0.2, -0.15) is 0 Å². The number of hydrogen-bond donors (Lipinski definition) is 0. The van der Waals surface area contributed by atoms with Gasteiger partial charge in [-0.3, -0.25) is 20.2 Å². The van der Waals surface area contributed by atoms with Gasteiger partial charge in [-0.25, -0.2) is 4.79 Å². The van der Waals surface area contributed by atoms with Crippen LogP contribution in [0.1, 0.15) is 10.4 Å². The van der Waals surface area contributed by atoms with Crippen LogP contribution in [0.15, 0.2) is 36.4 Å². The molecule has 0 atom stereocenters. The van der Waals surface area contributed by atoms with Crippen molar-refractivity contribution < 1.29 is 24.1 Å². The lowest BCUT2D eigenvalue weighted by Gasteiger charge is -2.08. The molecule has 0 spiro atoms. The number of ether oxygens (including phenoxy) is 2. The minimum Gasteiger partial charge on any atom is -0.483 e. The highest BCUT2D eigenvalue weighted by Crippen LogP contribution is 2.31. The van der Waals surface area contributed by atoms with Crippen LogP contribution < -0.4 is 4.74 Å². The fourth-order valence-electron chi connectivity index (χ4n) is 1.90. The summed E-state index contributed by atoms with van der Waals surface area (Å²) < 4.78 is 10.1. The molecule has 0 aliphatic rings. The van der Waals surface area contributed by atoms with Gasteiger partial charge in [0.05, 0.1) is 26.5 Å². The Morgan fingerprint density at radius 1 is 1.00 bits per heavy atom. The van der Waals surface area contributed by atoms with E-state index < -0.39 is 27.2 Å². The van der Waals surface area contributed by atoms with Crippen LogP contribution in [0.2, 0.25) is 10.0 Å². The lowest BCUT2D eigenvalue weighted by Crippen LogP contribution is -2.13. The molecule has 11 heteroatoms. The lowest BCUT2D eigenvalue weighted by molar-refractivity contribution is -0.394. The Kier molecular flexibility index (Phi) is 6.31. The summed E-state index contributed by atoms with van der Waals surface area (Å²) >= 11 is 11.6. The second kappa shape index (κ2) is 8.45. The Bertz CT molecular complexity index is 873. The van der Waals surface area contributed by atoms with E-state index >= 15 is 0 Å². The smallest absolute Gasteiger partial charge is 0.339 e. The van der Waals surface area contributed by atoms with Gasteiger partial charge >= 0.3 is 11.7 Å². The monoisotopic (exact) mass is 400 g/mol. The number of halogens is 2. The van der Waals surface area contributed by atoms with Crippen LogP contribution in [0.4, 0.5) is 11.4 Å². The first-order valence-corrected chi connectivity index (χ1v) is 7.73. The predicted molar refractivity (Wildman–Crippen MR) is 92.0 cm³/mol. The van der Waals surface area contributed by atoms with Gasteiger partial charge in [0, 0.05) is 11.1 Å². The molecular formula is C15H10Cl2N2O7. The van der Waals surface area contributed by atoms with E-state index in [0.29, 0.717) is 5.02 Å². The number of rotatable bonds is 7. The zero-order valence-corrected chi connectivity index (χ0v) is 14.4. The summed E-state index contributed by atoms with van der Waals surface area (Å²) in [4.78, 5) is 32.0. The first kappa shape index (κ1) is 19.4. The molecule has 0 fully saturated rings. The summed E-state index contributed by atoms with van der Waals surface area (Å²) in [6.45, 7) is -0.415. The molecule has 2 aromatic rings. The maximum Gasteiger partial charge on any atom is 0.339 e. The summed E-state index contributed by atoms with van der Waals surface area (Å²) in [5.74, 6) is -0.894. The molecule has 2 rings (SSSR count). The highest BCUT2D eigenvalue weighted by molar-refractivity contribution is 6.36. The predicted octanol–water partition coefficient (Wildman–Crippen LogP) is 4.05. The van der Waals surface area contributed by atoms with Crippen molar-refractivity contribution in [1.29, 1.82) is 0 Å². The molecule has 0 aromatic heterocycles. The Morgan fingerprint density at radius 2 is 1.73 bits per heavy atom. The standard InChI is InChI=1S/C15H10Cl2N2O7/c16-9-1-3-11(12(17)7-9)15(20)26-6-5-25-14-4-2-10(18(21)22)8-13(14)19(23)24/h1-4,7-8H,5-6H2. The number of esters is 1. The molecule has 26 heavy (non-hydrogen) atoms. The van der Waals surface area contributed by atoms with Crippen molar-refractivity contribution in [3.63, 3.8) is 0 Å². The molecule has 0 aliphatic heterocycles. The van der Waals surface area contributed by atoms with Crippen molar-refractivity contribution in [3.8, 4) is 5.75 Å². The highest BCUT2D eigenvalue weighted by atomic mass is 35.5. The molecule has 0 aliphatic carbocycles. The van der Waals surface area contributed by atoms with E-state index in [2.05, 4.69) is 0 Å². The van der Waals surface area contributed by atoms with Crippen molar-refractivity contribution in [3.05, 3.63) is 72.2 Å². The fraction of sp³-hybridized carbons (Fsp3) is 0.133. The quantitative estimate of drug-likeness (QED) is 0.297. The molecule has 0 heterocycles. The third-order valence-corrected chi connectivity index (χ3v) is 3.62. The highest BCUT2D eigenvalue weighted by Gasteiger charge is 2.20. The number of non-ortho nitro benzene ring substituents is 1. The zero-order valence-electron chi connectivity index (χ0n) is 12.9. The lowest BCUT2D eigenvalue weighted by atomic mass is 10.2.